The van der Waals surface area contributed by atoms with Crippen molar-refractivity contribution in [1.29, 1.82) is 0 Å². The molecule has 2 aliphatic rings. The highest BCUT2D eigenvalue weighted by Gasteiger charge is 2.34. The number of pyridine rings is 1. The Balaban J connectivity index is 1.38. The minimum absolute atomic E-state index is 0.613. The van der Waals surface area contributed by atoms with Gasteiger partial charge >= 0.3 is 0 Å². The quantitative estimate of drug-likeness (QED) is 0.878. The molecule has 2 N–H and O–H groups in total. The van der Waals surface area contributed by atoms with Gasteiger partial charge in [0.1, 0.15) is 0 Å². The second kappa shape index (κ2) is 5.58. The molecule has 0 radical (unpaired) electrons. The molecule has 1 aliphatic carbocycles. The molecule has 1 saturated heterocycles. The molecule has 1 saturated carbocycles. The smallest absolute Gasteiger partial charge is 0.0710 e. The molecule has 1 atom stereocenters. The van der Waals surface area contributed by atoms with Gasteiger partial charge in [-0.05, 0) is 31.4 Å². The Morgan fingerprint density at radius 3 is 3.05 bits per heavy atom. The van der Waals surface area contributed by atoms with Crippen molar-refractivity contribution in [1.82, 2.24) is 25.4 Å². The van der Waals surface area contributed by atoms with E-state index >= 15 is 0 Å². The van der Waals surface area contributed by atoms with Gasteiger partial charge in [0.15, 0.2) is 0 Å². The number of hydrogen-bond donors (Lipinski definition) is 2. The fraction of sp³-hybridized carbons (Fsp3) is 0.500. The van der Waals surface area contributed by atoms with Gasteiger partial charge in [-0.15, -0.1) is 0 Å². The van der Waals surface area contributed by atoms with Gasteiger partial charge in [0.05, 0.1) is 11.9 Å². The molecule has 1 aliphatic heterocycles. The van der Waals surface area contributed by atoms with E-state index in [-0.39, 0.29) is 0 Å². The lowest BCUT2D eigenvalue weighted by molar-refractivity contribution is 0.317. The summed E-state index contributed by atoms with van der Waals surface area (Å²) in [7, 11) is 0. The largest absolute Gasteiger partial charge is 0.308 e. The molecule has 0 aromatic carbocycles. The van der Waals surface area contributed by atoms with Crippen LogP contribution in [0.15, 0.2) is 30.7 Å². The summed E-state index contributed by atoms with van der Waals surface area (Å²) in [5, 5.41) is 11.0. The van der Waals surface area contributed by atoms with Crippen LogP contribution in [0.25, 0.3) is 11.3 Å². The maximum absolute atomic E-state index is 4.19. The third-order valence-corrected chi connectivity index (χ3v) is 4.53. The average molecular weight is 283 g/mol. The van der Waals surface area contributed by atoms with Gasteiger partial charge < -0.3 is 5.32 Å². The fourth-order valence-electron chi connectivity index (χ4n) is 3.19. The Kier molecular flexibility index (Phi) is 3.45. The average Bonchev–Trinajstić information content (AvgIpc) is 3.10. The number of nitrogens with zero attached hydrogens (tertiary/aromatic N) is 3. The molecule has 3 heterocycles. The molecular weight excluding hydrogens is 262 g/mol. The van der Waals surface area contributed by atoms with Crippen molar-refractivity contribution in [2.24, 2.45) is 0 Å². The van der Waals surface area contributed by atoms with Crippen molar-refractivity contribution in [3.63, 3.8) is 0 Å². The maximum atomic E-state index is 4.19. The Labute approximate surface area is 124 Å². The first-order valence-corrected chi connectivity index (χ1v) is 7.80. The van der Waals surface area contributed by atoms with Crippen LogP contribution < -0.4 is 5.32 Å². The molecule has 1 unspecified atom stereocenters. The number of hydrogen-bond acceptors (Lipinski definition) is 4. The lowest BCUT2D eigenvalue weighted by atomic mass is 10.1. The van der Waals surface area contributed by atoms with E-state index in [1.807, 2.05) is 18.5 Å². The van der Waals surface area contributed by atoms with Crippen LogP contribution in [0.3, 0.4) is 0 Å². The summed E-state index contributed by atoms with van der Waals surface area (Å²) in [6, 6.07) is 5.52. The van der Waals surface area contributed by atoms with Crippen LogP contribution in [0, 0.1) is 0 Å². The summed E-state index contributed by atoms with van der Waals surface area (Å²) < 4.78 is 0. The number of H-pyrrole nitrogens is 1. The third kappa shape index (κ3) is 2.84. The van der Waals surface area contributed by atoms with Crippen molar-refractivity contribution in [2.45, 2.75) is 37.9 Å². The van der Waals surface area contributed by atoms with Crippen LogP contribution in [0.5, 0.6) is 0 Å². The van der Waals surface area contributed by atoms with Crippen molar-refractivity contribution < 1.29 is 0 Å². The summed E-state index contributed by atoms with van der Waals surface area (Å²) in [4.78, 5) is 6.81. The van der Waals surface area contributed by atoms with E-state index in [9.17, 15) is 0 Å². The zero-order valence-corrected chi connectivity index (χ0v) is 12.1. The monoisotopic (exact) mass is 283 g/mol. The molecule has 0 amide bonds. The number of nitrogens with one attached hydrogen (secondary N) is 2. The van der Waals surface area contributed by atoms with Gasteiger partial charge in [-0.2, -0.15) is 5.10 Å². The first-order chi connectivity index (χ1) is 10.4. The predicted octanol–water partition coefficient (Wildman–Crippen LogP) is 1.80. The van der Waals surface area contributed by atoms with Gasteiger partial charge in [-0.25, -0.2) is 0 Å². The molecule has 4 rings (SSSR count). The molecule has 2 aromatic rings. The fourth-order valence-corrected chi connectivity index (χ4v) is 3.19. The molecule has 110 valence electrons. The molecule has 21 heavy (non-hydrogen) atoms. The highest BCUT2D eigenvalue weighted by atomic mass is 15.2. The minimum atomic E-state index is 0.613. The van der Waals surface area contributed by atoms with Crippen LogP contribution in [-0.2, 0) is 6.54 Å². The zero-order valence-electron chi connectivity index (χ0n) is 12.1. The van der Waals surface area contributed by atoms with Gasteiger partial charge in [0.2, 0.25) is 0 Å². The normalized spacial score (nSPS) is 22.8. The Morgan fingerprint density at radius 2 is 2.24 bits per heavy atom. The van der Waals surface area contributed by atoms with Crippen molar-refractivity contribution in [3.05, 3.63) is 36.3 Å². The lowest BCUT2D eigenvalue weighted by Gasteiger charge is -2.15. The minimum Gasteiger partial charge on any atom is -0.308 e. The third-order valence-electron chi connectivity index (χ3n) is 4.53. The topological polar surface area (TPSA) is 56.8 Å². The van der Waals surface area contributed by atoms with Gasteiger partial charge in [-0.3, -0.25) is 15.0 Å². The van der Waals surface area contributed by atoms with Crippen molar-refractivity contribution in [3.8, 4) is 11.3 Å². The van der Waals surface area contributed by atoms with E-state index in [4.69, 9.17) is 0 Å². The summed E-state index contributed by atoms with van der Waals surface area (Å²) >= 11 is 0. The maximum Gasteiger partial charge on any atom is 0.0710 e. The summed E-state index contributed by atoms with van der Waals surface area (Å²) in [6.45, 7) is 3.32. The SMILES string of the molecule is c1cncc(-c2[nH]ncc2CNC2CCN(C3CC3)C2)c1. The number of aromatic nitrogens is 3. The van der Waals surface area contributed by atoms with Gasteiger partial charge in [0, 0.05) is 55.2 Å². The van der Waals surface area contributed by atoms with Crippen LogP contribution >= 0.6 is 0 Å². The van der Waals surface area contributed by atoms with E-state index < -0.39 is 0 Å². The molecular formula is C16H21N5. The van der Waals surface area contributed by atoms with Crippen LogP contribution in [-0.4, -0.2) is 45.3 Å². The van der Waals surface area contributed by atoms with Crippen LogP contribution in [0.2, 0.25) is 0 Å². The molecule has 2 fully saturated rings. The van der Waals surface area contributed by atoms with E-state index in [0.29, 0.717) is 6.04 Å². The molecule has 0 spiro atoms. The lowest BCUT2D eigenvalue weighted by Crippen LogP contribution is -2.32. The second-order valence-corrected chi connectivity index (χ2v) is 6.10. The van der Waals surface area contributed by atoms with Crippen LogP contribution in [0.4, 0.5) is 0 Å². The molecule has 5 nitrogen and oxygen atoms in total. The predicted molar refractivity (Wildman–Crippen MR) is 81.7 cm³/mol. The Bertz CT molecular complexity index is 590. The summed E-state index contributed by atoms with van der Waals surface area (Å²) in [5.74, 6) is 0. The van der Waals surface area contributed by atoms with E-state index in [2.05, 4.69) is 31.5 Å². The first kappa shape index (κ1) is 13.0. The van der Waals surface area contributed by atoms with E-state index in [1.165, 1.54) is 37.9 Å². The highest BCUT2D eigenvalue weighted by molar-refractivity contribution is 5.61. The zero-order chi connectivity index (χ0) is 14.1. The Hall–Kier alpha value is -1.72. The van der Waals surface area contributed by atoms with E-state index in [1.54, 1.807) is 6.20 Å². The summed E-state index contributed by atoms with van der Waals surface area (Å²) in [5.41, 5.74) is 3.39. The van der Waals surface area contributed by atoms with Crippen LogP contribution in [0.1, 0.15) is 24.8 Å². The van der Waals surface area contributed by atoms with Gasteiger partial charge in [0.25, 0.3) is 0 Å². The van der Waals surface area contributed by atoms with Crippen molar-refractivity contribution >= 4 is 0 Å². The number of likely N-dealkylation sites (tertiary alicyclic amines) is 1. The number of rotatable bonds is 5. The number of aromatic amines is 1. The van der Waals surface area contributed by atoms with Gasteiger partial charge in [-0.1, -0.05) is 0 Å². The standard InChI is InChI=1S/C16H21N5/c1-2-12(8-17-6-1)16-13(10-19-20-16)9-18-14-5-7-21(11-14)15-3-4-15/h1-2,6,8,10,14-15,18H,3-5,7,9,11H2,(H,19,20). The van der Waals surface area contributed by atoms with E-state index in [0.717, 1.165) is 23.8 Å². The molecule has 5 heteroatoms. The summed E-state index contributed by atoms with van der Waals surface area (Å²) in [6.07, 6.45) is 9.66. The highest BCUT2D eigenvalue weighted by Crippen LogP contribution is 2.30. The van der Waals surface area contributed by atoms with Crippen molar-refractivity contribution in [2.75, 3.05) is 13.1 Å². The first-order valence-electron chi connectivity index (χ1n) is 7.80. The second-order valence-electron chi connectivity index (χ2n) is 6.10. The molecule has 0 bridgehead atoms. The molecule has 2 aromatic heterocycles. The Morgan fingerprint density at radius 1 is 1.29 bits per heavy atom.